The van der Waals surface area contributed by atoms with Crippen LogP contribution in [0.4, 0.5) is 0 Å². The summed E-state index contributed by atoms with van der Waals surface area (Å²) in [5, 5.41) is 3.30. The van der Waals surface area contributed by atoms with Crippen LogP contribution < -0.4 is 5.32 Å². The molecule has 24 heavy (non-hydrogen) atoms. The molecule has 132 valence electrons. The van der Waals surface area contributed by atoms with Crippen LogP contribution in [-0.2, 0) is 9.53 Å². The van der Waals surface area contributed by atoms with E-state index in [0.29, 0.717) is 57.1 Å². The maximum absolute atomic E-state index is 12.6. The summed E-state index contributed by atoms with van der Waals surface area (Å²) in [6.45, 7) is 8.00. The zero-order valence-electron chi connectivity index (χ0n) is 14.3. The van der Waals surface area contributed by atoms with Gasteiger partial charge >= 0.3 is 0 Å². The lowest BCUT2D eigenvalue weighted by molar-refractivity contribution is -0.133. The third-order valence-corrected chi connectivity index (χ3v) is 4.61. The molecule has 2 aliphatic rings. The Morgan fingerprint density at radius 1 is 1.21 bits per heavy atom. The monoisotopic (exact) mass is 335 g/mol. The van der Waals surface area contributed by atoms with Gasteiger partial charge in [0.15, 0.2) is 0 Å². The summed E-state index contributed by atoms with van der Waals surface area (Å²) in [5.41, 5.74) is 0.621. The number of amides is 2. The normalized spacial score (nSPS) is 21.8. The van der Waals surface area contributed by atoms with Crippen molar-refractivity contribution in [3.63, 3.8) is 0 Å². The molecule has 3 heterocycles. The third-order valence-electron chi connectivity index (χ3n) is 4.61. The first-order valence-electron chi connectivity index (χ1n) is 8.50. The minimum absolute atomic E-state index is 0.0150. The number of carbonyl (C=O) groups is 2. The van der Waals surface area contributed by atoms with Crippen LogP contribution in [0, 0.1) is 13.8 Å². The number of furan rings is 1. The summed E-state index contributed by atoms with van der Waals surface area (Å²) in [6, 6.07) is 1.88. The molecule has 3 rings (SSSR count). The number of rotatable bonds is 3. The van der Waals surface area contributed by atoms with Crippen molar-refractivity contribution in [2.45, 2.75) is 26.3 Å². The number of nitrogens with zero attached hydrogens (tertiary/aromatic N) is 2. The van der Waals surface area contributed by atoms with Crippen molar-refractivity contribution in [1.29, 1.82) is 0 Å². The van der Waals surface area contributed by atoms with E-state index in [2.05, 4.69) is 5.32 Å². The number of ether oxygens (including phenoxy) is 1. The molecule has 0 aromatic carbocycles. The van der Waals surface area contributed by atoms with Gasteiger partial charge in [-0.15, -0.1) is 0 Å². The highest BCUT2D eigenvalue weighted by Gasteiger charge is 2.28. The highest BCUT2D eigenvalue weighted by atomic mass is 16.5. The van der Waals surface area contributed by atoms with E-state index in [-0.39, 0.29) is 17.9 Å². The average molecular weight is 335 g/mol. The van der Waals surface area contributed by atoms with Crippen molar-refractivity contribution in [2.75, 3.05) is 45.9 Å². The molecule has 2 amide bonds. The van der Waals surface area contributed by atoms with Crippen molar-refractivity contribution in [1.82, 2.24) is 15.1 Å². The van der Waals surface area contributed by atoms with E-state index in [4.69, 9.17) is 9.15 Å². The van der Waals surface area contributed by atoms with Gasteiger partial charge in [-0.1, -0.05) is 0 Å². The molecule has 0 radical (unpaired) electrons. The molecular weight excluding hydrogens is 310 g/mol. The van der Waals surface area contributed by atoms with Crippen LogP contribution in [0.2, 0.25) is 0 Å². The number of piperazine rings is 1. The largest absolute Gasteiger partial charge is 0.466 e. The predicted octanol–water partition coefficient (Wildman–Crippen LogP) is 0.559. The fourth-order valence-electron chi connectivity index (χ4n) is 3.26. The van der Waals surface area contributed by atoms with Crippen LogP contribution >= 0.6 is 0 Å². The predicted molar refractivity (Wildman–Crippen MR) is 87.9 cm³/mol. The molecule has 0 bridgehead atoms. The molecule has 0 spiro atoms. The van der Waals surface area contributed by atoms with Gasteiger partial charge in [0.1, 0.15) is 11.5 Å². The van der Waals surface area contributed by atoms with Gasteiger partial charge < -0.3 is 24.3 Å². The fourth-order valence-corrected chi connectivity index (χ4v) is 3.26. The first-order chi connectivity index (χ1) is 11.5. The molecular formula is C17H25N3O4. The summed E-state index contributed by atoms with van der Waals surface area (Å²) in [6.07, 6.45) is 0.452. The lowest BCUT2D eigenvalue weighted by Crippen LogP contribution is -2.52. The van der Waals surface area contributed by atoms with Crippen molar-refractivity contribution in [2.24, 2.45) is 0 Å². The first-order valence-corrected chi connectivity index (χ1v) is 8.50. The van der Waals surface area contributed by atoms with Gasteiger partial charge in [-0.2, -0.15) is 0 Å². The molecule has 2 saturated heterocycles. The number of nitrogens with one attached hydrogen (secondary N) is 1. The summed E-state index contributed by atoms with van der Waals surface area (Å²) in [5.74, 6) is 1.51. The van der Waals surface area contributed by atoms with Crippen molar-refractivity contribution >= 4 is 11.8 Å². The Kier molecular flexibility index (Phi) is 5.20. The van der Waals surface area contributed by atoms with Crippen LogP contribution in [0.1, 0.15) is 28.3 Å². The lowest BCUT2D eigenvalue weighted by Gasteiger charge is -2.35. The van der Waals surface area contributed by atoms with E-state index in [9.17, 15) is 9.59 Å². The molecule has 1 aromatic heterocycles. The van der Waals surface area contributed by atoms with E-state index in [1.165, 1.54) is 0 Å². The fraction of sp³-hybridized carbons (Fsp3) is 0.647. The Morgan fingerprint density at radius 3 is 2.50 bits per heavy atom. The molecule has 7 heteroatoms. The second-order valence-corrected chi connectivity index (χ2v) is 6.43. The highest BCUT2D eigenvalue weighted by Crippen LogP contribution is 2.17. The molecule has 0 saturated carbocycles. The smallest absolute Gasteiger partial charge is 0.257 e. The van der Waals surface area contributed by atoms with Crippen LogP contribution in [0.5, 0.6) is 0 Å². The van der Waals surface area contributed by atoms with Crippen molar-refractivity contribution in [3.05, 3.63) is 23.2 Å². The minimum Gasteiger partial charge on any atom is -0.466 e. The van der Waals surface area contributed by atoms with Crippen LogP contribution in [0.25, 0.3) is 0 Å². The first kappa shape index (κ1) is 17.0. The Hall–Kier alpha value is -1.86. The maximum Gasteiger partial charge on any atom is 0.257 e. The minimum atomic E-state index is -0.0150. The van der Waals surface area contributed by atoms with Crippen LogP contribution in [0.15, 0.2) is 10.5 Å². The highest BCUT2D eigenvalue weighted by molar-refractivity contribution is 5.95. The standard InChI is InChI=1S/C17H25N3O4/c1-12-9-15(13(2)24-12)17(22)20-6-4-19(5-7-20)16(21)10-14-11-23-8-3-18-14/h9,14,18H,3-8,10-11H2,1-2H3. The van der Waals surface area contributed by atoms with Gasteiger partial charge in [0.2, 0.25) is 5.91 Å². The molecule has 0 aliphatic carbocycles. The molecule has 1 unspecified atom stereocenters. The SMILES string of the molecule is Cc1cc(C(=O)N2CCN(C(=O)CC3COCCN3)CC2)c(C)o1. The van der Waals surface area contributed by atoms with Gasteiger partial charge in [0, 0.05) is 45.2 Å². The van der Waals surface area contributed by atoms with Gasteiger partial charge in [-0.25, -0.2) is 0 Å². The van der Waals surface area contributed by atoms with E-state index in [1.54, 1.807) is 17.9 Å². The van der Waals surface area contributed by atoms with E-state index in [0.717, 1.165) is 12.3 Å². The quantitative estimate of drug-likeness (QED) is 0.874. The van der Waals surface area contributed by atoms with E-state index >= 15 is 0 Å². The number of carbonyl (C=O) groups excluding carboxylic acids is 2. The van der Waals surface area contributed by atoms with Gasteiger partial charge in [0.05, 0.1) is 18.8 Å². The maximum atomic E-state index is 12.6. The zero-order chi connectivity index (χ0) is 17.1. The van der Waals surface area contributed by atoms with Gasteiger partial charge in [0.25, 0.3) is 5.91 Å². The second-order valence-electron chi connectivity index (χ2n) is 6.43. The van der Waals surface area contributed by atoms with E-state index < -0.39 is 0 Å². The number of aryl methyl sites for hydroxylation is 2. The van der Waals surface area contributed by atoms with Gasteiger partial charge in [-0.3, -0.25) is 9.59 Å². The number of hydrogen-bond acceptors (Lipinski definition) is 5. The number of morpholine rings is 1. The van der Waals surface area contributed by atoms with Gasteiger partial charge in [-0.05, 0) is 19.9 Å². The third kappa shape index (κ3) is 3.79. The van der Waals surface area contributed by atoms with Crippen LogP contribution in [0.3, 0.4) is 0 Å². The van der Waals surface area contributed by atoms with E-state index in [1.807, 2.05) is 11.8 Å². The molecule has 1 aromatic rings. The van der Waals surface area contributed by atoms with Crippen LogP contribution in [-0.4, -0.2) is 73.6 Å². The number of hydrogen-bond donors (Lipinski definition) is 1. The average Bonchev–Trinajstić information content (AvgIpc) is 2.93. The topological polar surface area (TPSA) is 75.0 Å². The summed E-state index contributed by atoms with van der Waals surface area (Å²) in [4.78, 5) is 28.6. The second kappa shape index (κ2) is 7.36. The lowest BCUT2D eigenvalue weighted by atomic mass is 10.1. The Morgan fingerprint density at radius 2 is 1.92 bits per heavy atom. The molecule has 7 nitrogen and oxygen atoms in total. The summed E-state index contributed by atoms with van der Waals surface area (Å²) < 4.78 is 10.8. The van der Waals surface area contributed by atoms with Crippen molar-refractivity contribution < 1.29 is 18.7 Å². The Balaban J connectivity index is 1.50. The summed E-state index contributed by atoms with van der Waals surface area (Å²) >= 11 is 0. The Bertz CT molecular complexity index is 599. The molecule has 2 aliphatic heterocycles. The zero-order valence-corrected chi connectivity index (χ0v) is 14.3. The Labute approximate surface area is 141 Å². The summed E-state index contributed by atoms with van der Waals surface area (Å²) in [7, 11) is 0. The van der Waals surface area contributed by atoms with Crippen molar-refractivity contribution in [3.8, 4) is 0 Å². The molecule has 2 fully saturated rings. The molecule has 1 N–H and O–H groups in total. The molecule has 1 atom stereocenters.